The minimum absolute atomic E-state index is 0.167. The fourth-order valence-electron chi connectivity index (χ4n) is 2.59. The number of aryl methyl sites for hydroxylation is 1. The Hall–Kier alpha value is -3.26. The third-order valence-corrected chi connectivity index (χ3v) is 4.52. The van der Waals surface area contributed by atoms with E-state index in [-0.39, 0.29) is 5.82 Å². The lowest BCUT2D eigenvalue weighted by atomic mass is 10.1. The van der Waals surface area contributed by atoms with Gasteiger partial charge in [0.2, 0.25) is 0 Å². The number of nitrogens with zero attached hydrogens (tertiary/aromatic N) is 2. The van der Waals surface area contributed by atoms with Crippen LogP contribution in [0, 0.1) is 6.92 Å². The van der Waals surface area contributed by atoms with Crippen LogP contribution in [-0.4, -0.2) is 18.3 Å². The smallest absolute Gasteiger partial charge is 0.417 e. The van der Waals surface area contributed by atoms with Crippen LogP contribution in [0.4, 0.5) is 19.0 Å². The molecule has 9 heteroatoms. The van der Waals surface area contributed by atoms with Crippen LogP contribution < -0.4 is 14.9 Å². The van der Waals surface area contributed by atoms with E-state index in [9.17, 15) is 13.2 Å². The molecule has 0 amide bonds. The first-order valence-electron chi connectivity index (χ1n) is 9.14. The zero-order valence-electron chi connectivity index (χ0n) is 16.7. The van der Waals surface area contributed by atoms with Crippen molar-refractivity contribution in [2.24, 2.45) is 5.10 Å². The molecule has 0 aliphatic heterocycles. The Morgan fingerprint density at radius 3 is 2.48 bits per heavy atom. The zero-order valence-corrected chi connectivity index (χ0v) is 17.5. The summed E-state index contributed by atoms with van der Waals surface area (Å²) >= 11 is 6.35. The molecular formula is C22H19ClF3N3O2. The second kappa shape index (κ2) is 9.70. The average Bonchev–Trinajstić information content (AvgIpc) is 2.73. The molecule has 5 nitrogen and oxygen atoms in total. The third-order valence-electron chi connectivity index (χ3n) is 4.24. The zero-order chi connectivity index (χ0) is 22.4. The van der Waals surface area contributed by atoms with Gasteiger partial charge in [0, 0.05) is 6.20 Å². The molecule has 0 spiro atoms. The molecule has 1 aromatic heterocycles. The van der Waals surface area contributed by atoms with Crippen LogP contribution in [0.3, 0.4) is 0 Å². The molecule has 1 N–H and O–H groups in total. The molecule has 3 aromatic rings. The SMILES string of the molecule is COc1cc(/C=N\Nc2ccc(C(F)(F)F)cn2)cc(Cl)c1OCc1ccc(C)cc1. The summed E-state index contributed by atoms with van der Waals surface area (Å²) in [4.78, 5) is 3.68. The number of methoxy groups -OCH3 is 1. The van der Waals surface area contributed by atoms with Crippen molar-refractivity contribution < 1.29 is 22.6 Å². The van der Waals surface area contributed by atoms with E-state index in [0.717, 1.165) is 23.4 Å². The van der Waals surface area contributed by atoms with E-state index >= 15 is 0 Å². The summed E-state index contributed by atoms with van der Waals surface area (Å²) in [6.45, 7) is 2.33. The Morgan fingerprint density at radius 2 is 1.87 bits per heavy atom. The molecule has 0 saturated heterocycles. The maximum atomic E-state index is 12.6. The number of nitrogens with one attached hydrogen (secondary N) is 1. The summed E-state index contributed by atoms with van der Waals surface area (Å²) in [6, 6.07) is 13.4. The Morgan fingerprint density at radius 1 is 1.13 bits per heavy atom. The van der Waals surface area contributed by atoms with Crippen molar-refractivity contribution in [1.82, 2.24) is 4.98 Å². The van der Waals surface area contributed by atoms with Gasteiger partial charge in [-0.1, -0.05) is 41.4 Å². The molecule has 2 aromatic carbocycles. The minimum atomic E-state index is -4.44. The van der Waals surface area contributed by atoms with Gasteiger partial charge in [-0.3, -0.25) is 5.43 Å². The molecule has 0 atom stereocenters. The molecule has 0 bridgehead atoms. The van der Waals surface area contributed by atoms with Crippen LogP contribution in [0.1, 0.15) is 22.3 Å². The monoisotopic (exact) mass is 449 g/mol. The Balaban J connectivity index is 1.68. The number of benzene rings is 2. The predicted molar refractivity (Wildman–Crippen MR) is 114 cm³/mol. The van der Waals surface area contributed by atoms with Crippen LogP contribution in [0.5, 0.6) is 11.5 Å². The fourth-order valence-corrected chi connectivity index (χ4v) is 2.87. The first-order chi connectivity index (χ1) is 14.8. The van der Waals surface area contributed by atoms with Gasteiger partial charge in [0.25, 0.3) is 0 Å². The van der Waals surface area contributed by atoms with Gasteiger partial charge < -0.3 is 9.47 Å². The summed E-state index contributed by atoms with van der Waals surface area (Å²) in [7, 11) is 1.50. The van der Waals surface area contributed by atoms with Crippen molar-refractivity contribution in [2.45, 2.75) is 19.7 Å². The lowest BCUT2D eigenvalue weighted by molar-refractivity contribution is -0.137. The van der Waals surface area contributed by atoms with Crippen molar-refractivity contribution in [3.8, 4) is 11.5 Å². The van der Waals surface area contributed by atoms with Crippen LogP contribution in [0.2, 0.25) is 5.02 Å². The summed E-state index contributed by atoms with van der Waals surface area (Å²) in [5.74, 6) is 0.994. The number of anilines is 1. The lowest BCUT2D eigenvalue weighted by Crippen LogP contribution is -2.05. The van der Waals surface area contributed by atoms with E-state index in [4.69, 9.17) is 21.1 Å². The summed E-state index contributed by atoms with van der Waals surface area (Å²) in [5.41, 5.74) is 4.48. The number of hydrazone groups is 1. The quantitative estimate of drug-likeness (QED) is 0.350. The van der Waals surface area contributed by atoms with E-state index in [1.807, 2.05) is 31.2 Å². The molecule has 0 unspecified atom stereocenters. The largest absolute Gasteiger partial charge is 0.493 e. The first kappa shape index (κ1) is 22.4. The summed E-state index contributed by atoms with van der Waals surface area (Å²) in [6.07, 6.45) is -2.26. The van der Waals surface area contributed by atoms with Crippen LogP contribution in [0.25, 0.3) is 0 Å². The lowest BCUT2D eigenvalue weighted by Gasteiger charge is -2.13. The van der Waals surface area contributed by atoms with Gasteiger partial charge >= 0.3 is 6.18 Å². The Kier molecular flexibility index (Phi) is 7.02. The molecule has 162 valence electrons. The van der Waals surface area contributed by atoms with Gasteiger partial charge in [0.15, 0.2) is 11.5 Å². The van der Waals surface area contributed by atoms with Gasteiger partial charge in [0.05, 0.1) is 23.9 Å². The van der Waals surface area contributed by atoms with Gasteiger partial charge in [-0.25, -0.2) is 4.98 Å². The van der Waals surface area contributed by atoms with Crippen molar-refractivity contribution in [3.05, 3.63) is 82.0 Å². The van der Waals surface area contributed by atoms with E-state index < -0.39 is 11.7 Å². The molecular weight excluding hydrogens is 431 g/mol. The minimum Gasteiger partial charge on any atom is -0.493 e. The molecule has 0 fully saturated rings. The highest BCUT2D eigenvalue weighted by Crippen LogP contribution is 2.36. The number of aromatic nitrogens is 1. The number of alkyl halides is 3. The third kappa shape index (κ3) is 6.11. The number of pyridine rings is 1. The van der Waals surface area contributed by atoms with Gasteiger partial charge in [-0.2, -0.15) is 18.3 Å². The second-order valence-corrected chi connectivity index (χ2v) is 7.02. The molecule has 0 radical (unpaired) electrons. The maximum absolute atomic E-state index is 12.6. The van der Waals surface area contributed by atoms with Crippen LogP contribution >= 0.6 is 11.6 Å². The molecule has 0 aliphatic rings. The highest BCUT2D eigenvalue weighted by molar-refractivity contribution is 6.32. The van der Waals surface area contributed by atoms with E-state index in [2.05, 4.69) is 15.5 Å². The molecule has 0 saturated carbocycles. The van der Waals surface area contributed by atoms with Gasteiger partial charge in [0.1, 0.15) is 12.4 Å². The normalized spacial score (nSPS) is 11.5. The van der Waals surface area contributed by atoms with Gasteiger partial charge in [-0.15, -0.1) is 0 Å². The number of halogens is 4. The highest BCUT2D eigenvalue weighted by atomic mass is 35.5. The Labute approximate surface area is 182 Å². The molecule has 3 rings (SSSR count). The van der Waals surface area contributed by atoms with Crippen molar-refractivity contribution >= 4 is 23.6 Å². The summed E-state index contributed by atoms with van der Waals surface area (Å²) in [5, 5.41) is 4.31. The van der Waals surface area contributed by atoms with E-state index in [1.54, 1.807) is 12.1 Å². The van der Waals surface area contributed by atoms with Crippen LogP contribution in [-0.2, 0) is 12.8 Å². The maximum Gasteiger partial charge on any atom is 0.417 e. The van der Waals surface area contributed by atoms with Gasteiger partial charge in [-0.05, 0) is 42.3 Å². The standard InChI is InChI=1S/C22H19ClF3N3O2/c1-14-3-5-15(6-4-14)13-31-21-18(23)9-16(10-19(21)30-2)11-28-29-20-8-7-17(12-27-20)22(24,25)26/h3-12H,13H2,1-2H3,(H,27,29)/b28-11-. The topological polar surface area (TPSA) is 55.7 Å². The predicted octanol–water partition coefficient (Wildman–Crippen LogP) is 6.10. The van der Waals surface area contributed by atoms with Crippen molar-refractivity contribution in [1.29, 1.82) is 0 Å². The number of rotatable bonds is 7. The van der Waals surface area contributed by atoms with Crippen LogP contribution in [0.15, 0.2) is 59.8 Å². The number of ether oxygens (including phenoxy) is 2. The summed E-state index contributed by atoms with van der Waals surface area (Å²) < 4.78 is 48.9. The second-order valence-electron chi connectivity index (χ2n) is 6.61. The molecule has 31 heavy (non-hydrogen) atoms. The molecule has 1 heterocycles. The van der Waals surface area contributed by atoms with Crippen molar-refractivity contribution in [3.63, 3.8) is 0 Å². The first-order valence-corrected chi connectivity index (χ1v) is 9.52. The van der Waals surface area contributed by atoms with E-state index in [0.29, 0.717) is 28.7 Å². The molecule has 0 aliphatic carbocycles. The number of hydrogen-bond acceptors (Lipinski definition) is 5. The van der Waals surface area contributed by atoms with Crippen molar-refractivity contribution in [2.75, 3.05) is 12.5 Å². The highest BCUT2D eigenvalue weighted by Gasteiger charge is 2.30. The van der Waals surface area contributed by atoms with E-state index in [1.165, 1.54) is 19.4 Å². The Bertz CT molecular complexity index is 1050. The fraction of sp³-hybridized carbons (Fsp3) is 0.182. The average molecular weight is 450 g/mol. The number of hydrogen-bond donors (Lipinski definition) is 1.